The number of rotatable bonds is 2. The lowest BCUT2D eigenvalue weighted by atomic mass is 9.98. The van der Waals surface area contributed by atoms with Crippen molar-refractivity contribution in [3.63, 3.8) is 0 Å². The molecule has 5 rings (SSSR count). The fraction of sp³-hybridized carbons (Fsp3) is 0.227. The minimum atomic E-state index is -1.62. The van der Waals surface area contributed by atoms with Gasteiger partial charge in [0.25, 0.3) is 11.8 Å². The fourth-order valence-corrected chi connectivity index (χ4v) is 4.11. The van der Waals surface area contributed by atoms with Crippen molar-refractivity contribution in [3.8, 4) is 23.2 Å². The summed E-state index contributed by atoms with van der Waals surface area (Å²) < 4.78 is 1.80. The van der Waals surface area contributed by atoms with E-state index in [2.05, 4.69) is 16.8 Å². The van der Waals surface area contributed by atoms with E-state index in [0.29, 0.717) is 16.9 Å². The maximum atomic E-state index is 12.3. The van der Waals surface area contributed by atoms with Crippen LogP contribution in [0.1, 0.15) is 22.5 Å². The number of aromatic nitrogens is 2. The van der Waals surface area contributed by atoms with Crippen LogP contribution in [0.2, 0.25) is 0 Å². The number of nitrogens with two attached hydrogens (primary N) is 1. The van der Waals surface area contributed by atoms with E-state index in [9.17, 15) is 14.7 Å². The molecule has 1 unspecified atom stereocenters. The standard InChI is InChI=1S/C22H18N4O3/c1-25-17-12-15(17)22(29,21(25)28)9-8-13-5-4-6-14(11-13)20-24-18(19(23)27)16-7-2-3-10-26(16)20/h2-7,10-11,15,17,29H,12H2,1H3,(H2,23,27)/t15-,17?,22-/m0/s1. The van der Waals surface area contributed by atoms with E-state index >= 15 is 0 Å². The van der Waals surface area contributed by atoms with Crippen molar-refractivity contribution >= 4 is 17.3 Å². The van der Waals surface area contributed by atoms with E-state index in [1.54, 1.807) is 28.5 Å². The second kappa shape index (κ2) is 5.93. The molecule has 2 amide bonds. The highest BCUT2D eigenvalue weighted by atomic mass is 16.3. The number of piperidine rings is 1. The topological polar surface area (TPSA) is 101 Å². The van der Waals surface area contributed by atoms with E-state index in [4.69, 9.17) is 5.73 Å². The number of hydrogen-bond donors (Lipinski definition) is 2. The Morgan fingerprint density at radius 1 is 1.31 bits per heavy atom. The van der Waals surface area contributed by atoms with E-state index in [-0.39, 0.29) is 23.6 Å². The van der Waals surface area contributed by atoms with Crippen LogP contribution in [0, 0.1) is 17.8 Å². The van der Waals surface area contributed by atoms with Crippen molar-refractivity contribution in [1.82, 2.24) is 14.3 Å². The molecule has 0 radical (unpaired) electrons. The number of carbonyl (C=O) groups is 2. The average molecular weight is 386 g/mol. The van der Waals surface area contributed by atoms with Gasteiger partial charge in [-0.25, -0.2) is 4.98 Å². The van der Waals surface area contributed by atoms with Crippen LogP contribution in [0.25, 0.3) is 16.9 Å². The quantitative estimate of drug-likeness (QED) is 0.643. The summed E-state index contributed by atoms with van der Waals surface area (Å²) in [5.41, 5.74) is 6.07. The number of primary amides is 1. The third-order valence-corrected chi connectivity index (χ3v) is 5.74. The second-order valence-electron chi connectivity index (χ2n) is 7.53. The molecule has 2 fully saturated rings. The summed E-state index contributed by atoms with van der Waals surface area (Å²) >= 11 is 0. The summed E-state index contributed by atoms with van der Waals surface area (Å²) in [5, 5.41) is 10.8. The Bertz CT molecular complexity index is 1250. The summed E-state index contributed by atoms with van der Waals surface area (Å²) in [7, 11) is 1.70. The lowest BCUT2D eigenvalue weighted by Gasteiger charge is -2.18. The Labute approximate surface area is 166 Å². The minimum Gasteiger partial charge on any atom is -0.369 e. The van der Waals surface area contributed by atoms with Gasteiger partial charge < -0.3 is 15.7 Å². The van der Waals surface area contributed by atoms with Gasteiger partial charge in [-0.3, -0.25) is 14.0 Å². The molecule has 2 aromatic heterocycles. The van der Waals surface area contributed by atoms with Crippen molar-refractivity contribution in [2.45, 2.75) is 18.1 Å². The fourth-order valence-electron chi connectivity index (χ4n) is 4.11. The van der Waals surface area contributed by atoms with Gasteiger partial charge in [0, 0.05) is 36.3 Å². The maximum absolute atomic E-state index is 12.3. The number of likely N-dealkylation sites (tertiary alicyclic amines) is 1. The highest BCUT2D eigenvalue weighted by Crippen LogP contribution is 2.50. The number of fused-ring (bicyclic) bond motifs is 2. The van der Waals surface area contributed by atoms with Gasteiger partial charge in [0.1, 0.15) is 5.82 Å². The molecule has 7 heteroatoms. The van der Waals surface area contributed by atoms with E-state index in [1.807, 2.05) is 36.5 Å². The van der Waals surface area contributed by atoms with Gasteiger partial charge in [-0.15, -0.1) is 0 Å². The smallest absolute Gasteiger partial charge is 0.269 e. The molecule has 3 aromatic rings. The highest BCUT2D eigenvalue weighted by molar-refractivity contribution is 5.99. The molecule has 3 N–H and O–H groups in total. The van der Waals surface area contributed by atoms with E-state index in [1.165, 1.54) is 0 Å². The van der Waals surface area contributed by atoms with Crippen LogP contribution in [0.3, 0.4) is 0 Å². The minimum absolute atomic E-state index is 0.0941. The van der Waals surface area contributed by atoms with Gasteiger partial charge in [-0.1, -0.05) is 30.0 Å². The Hall–Kier alpha value is -3.63. The van der Waals surface area contributed by atoms with Crippen molar-refractivity contribution in [2.24, 2.45) is 11.7 Å². The zero-order valence-corrected chi connectivity index (χ0v) is 15.7. The summed E-state index contributed by atoms with van der Waals surface area (Å²) in [4.78, 5) is 30.1. The molecule has 1 aliphatic heterocycles. The van der Waals surface area contributed by atoms with Gasteiger partial charge in [-0.05, 0) is 30.7 Å². The van der Waals surface area contributed by atoms with Gasteiger partial charge in [0.2, 0.25) is 5.60 Å². The summed E-state index contributed by atoms with van der Waals surface area (Å²) in [6.45, 7) is 0. The van der Waals surface area contributed by atoms with Gasteiger partial charge in [-0.2, -0.15) is 0 Å². The van der Waals surface area contributed by atoms with Crippen LogP contribution in [0.5, 0.6) is 0 Å². The SMILES string of the molecule is CN1C(=O)[C@](O)(C#Cc2cccc(-c3nc(C(N)=O)c4ccccn34)c2)[C@H]2CC21. The molecule has 0 bridgehead atoms. The zero-order valence-electron chi connectivity index (χ0n) is 15.7. The Kier molecular flexibility index (Phi) is 3.57. The average Bonchev–Trinajstić information content (AvgIpc) is 3.40. The van der Waals surface area contributed by atoms with Crippen LogP contribution in [-0.2, 0) is 4.79 Å². The first kappa shape index (κ1) is 17.5. The van der Waals surface area contributed by atoms with Gasteiger partial charge in [0.05, 0.1) is 5.52 Å². The molecule has 2 aliphatic rings. The predicted octanol–water partition coefficient (Wildman–Crippen LogP) is 1.04. The molecule has 1 saturated heterocycles. The summed E-state index contributed by atoms with van der Waals surface area (Å²) in [6, 6.07) is 12.8. The Morgan fingerprint density at radius 3 is 2.86 bits per heavy atom. The zero-order chi connectivity index (χ0) is 20.3. The molecule has 1 aromatic carbocycles. The number of amides is 2. The first-order valence-corrected chi connectivity index (χ1v) is 9.30. The van der Waals surface area contributed by atoms with Crippen molar-refractivity contribution in [2.75, 3.05) is 7.05 Å². The highest BCUT2D eigenvalue weighted by Gasteiger charge is 2.66. The number of hydrogen-bond acceptors (Lipinski definition) is 4. The number of imidazole rings is 1. The molecule has 3 atom stereocenters. The monoisotopic (exact) mass is 386 g/mol. The van der Waals surface area contributed by atoms with Crippen LogP contribution in [0.4, 0.5) is 0 Å². The third-order valence-electron chi connectivity index (χ3n) is 5.74. The molecule has 1 aliphatic carbocycles. The first-order chi connectivity index (χ1) is 13.9. The molecule has 0 spiro atoms. The van der Waals surface area contributed by atoms with Crippen molar-refractivity contribution in [3.05, 3.63) is 59.9 Å². The number of carbonyl (C=O) groups excluding carboxylic acids is 2. The first-order valence-electron chi connectivity index (χ1n) is 9.30. The van der Waals surface area contributed by atoms with E-state index in [0.717, 1.165) is 12.0 Å². The van der Waals surface area contributed by atoms with Gasteiger partial charge in [0.15, 0.2) is 5.69 Å². The van der Waals surface area contributed by atoms with Crippen LogP contribution >= 0.6 is 0 Å². The second-order valence-corrected chi connectivity index (χ2v) is 7.53. The normalized spacial score (nSPS) is 24.9. The molecule has 1 saturated carbocycles. The summed E-state index contributed by atoms with van der Waals surface area (Å²) in [5.74, 6) is 5.25. The molecular formula is C22H18N4O3. The summed E-state index contributed by atoms with van der Waals surface area (Å²) in [6.07, 6.45) is 2.59. The third kappa shape index (κ3) is 2.53. The lowest BCUT2D eigenvalue weighted by Crippen LogP contribution is -2.41. The van der Waals surface area contributed by atoms with Crippen molar-refractivity contribution in [1.29, 1.82) is 0 Å². The van der Waals surface area contributed by atoms with Crippen LogP contribution in [0.15, 0.2) is 48.7 Å². The largest absolute Gasteiger partial charge is 0.369 e. The van der Waals surface area contributed by atoms with Gasteiger partial charge >= 0.3 is 0 Å². The number of benzene rings is 1. The molecule has 144 valence electrons. The Balaban J connectivity index is 1.55. The number of aliphatic hydroxyl groups is 1. The van der Waals surface area contributed by atoms with Crippen molar-refractivity contribution < 1.29 is 14.7 Å². The number of pyridine rings is 1. The molecule has 29 heavy (non-hydrogen) atoms. The predicted molar refractivity (Wildman–Crippen MR) is 106 cm³/mol. The molecular weight excluding hydrogens is 368 g/mol. The number of likely N-dealkylation sites (N-methyl/N-ethyl adjacent to an activating group) is 1. The van der Waals surface area contributed by atoms with Crippen LogP contribution < -0.4 is 5.73 Å². The maximum Gasteiger partial charge on any atom is 0.269 e. The van der Waals surface area contributed by atoms with Crippen LogP contribution in [-0.4, -0.2) is 49.9 Å². The molecule has 7 nitrogen and oxygen atoms in total. The Morgan fingerprint density at radius 2 is 2.14 bits per heavy atom. The number of nitrogens with zero attached hydrogens (tertiary/aromatic N) is 3. The lowest BCUT2D eigenvalue weighted by molar-refractivity contribution is -0.140. The molecule has 3 heterocycles. The van der Waals surface area contributed by atoms with E-state index < -0.39 is 11.5 Å².